The van der Waals surface area contributed by atoms with Crippen LogP contribution >= 0.6 is 0 Å². The zero-order valence-electron chi connectivity index (χ0n) is 14.1. The Labute approximate surface area is 130 Å². The van der Waals surface area contributed by atoms with Gasteiger partial charge in [0.1, 0.15) is 12.6 Å². The molecule has 0 unspecified atom stereocenters. The monoisotopic (exact) mass is 324 g/mol. The molecule has 22 heavy (non-hydrogen) atoms. The van der Waals surface area contributed by atoms with Crippen molar-refractivity contribution in [2.75, 3.05) is 6.61 Å². The summed E-state index contributed by atoms with van der Waals surface area (Å²) in [5.41, 5.74) is 0.101. The van der Waals surface area contributed by atoms with Gasteiger partial charge in [-0.1, -0.05) is 19.6 Å². The first-order valence-corrected chi connectivity index (χ1v) is 11.0. The third-order valence-corrected chi connectivity index (χ3v) is 5.46. The Balaban J connectivity index is 2.37. The lowest BCUT2D eigenvalue weighted by molar-refractivity contribution is 0.0883. The van der Waals surface area contributed by atoms with Gasteiger partial charge in [0.25, 0.3) is 5.56 Å². The Hall–Kier alpha value is -1.67. The molecule has 0 spiro atoms. The normalized spacial score (nSPS) is 12.3. The molecule has 0 saturated carbocycles. The van der Waals surface area contributed by atoms with E-state index in [0.717, 1.165) is 10.6 Å². The largest absolute Gasteiger partial charge is 0.361 e. The van der Waals surface area contributed by atoms with Crippen LogP contribution in [0.4, 0.5) is 0 Å². The molecule has 7 nitrogen and oxygen atoms in total. The third kappa shape index (κ3) is 3.07. The van der Waals surface area contributed by atoms with E-state index >= 15 is 0 Å². The maximum absolute atomic E-state index is 12.4. The lowest BCUT2D eigenvalue weighted by Gasteiger charge is -2.16. The van der Waals surface area contributed by atoms with Gasteiger partial charge in [-0.25, -0.2) is 9.78 Å². The van der Waals surface area contributed by atoms with Gasteiger partial charge in [0, 0.05) is 28.8 Å². The van der Waals surface area contributed by atoms with Crippen molar-refractivity contribution >= 4 is 19.2 Å². The van der Waals surface area contributed by atoms with Gasteiger partial charge in [0.15, 0.2) is 11.2 Å². The van der Waals surface area contributed by atoms with Gasteiger partial charge in [0.2, 0.25) is 0 Å². The van der Waals surface area contributed by atoms with Crippen molar-refractivity contribution in [2.24, 2.45) is 14.1 Å². The number of fused-ring (bicyclic) bond motifs is 1. The minimum atomic E-state index is -1.14. The van der Waals surface area contributed by atoms with Crippen molar-refractivity contribution in [1.29, 1.82) is 0 Å². The average molecular weight is 324 g/mol. The van der Waals surface area contributed by atoms with Crippen LogP contribution in [-0.2, 0) is 25.6 Å². The number of nitrogens with zero attached hydrogens (tertiary/aromatic N) is 4. The fourth-order valence-corrected chi connectivity index (χ4v) is 3.00. The summed E-state index contributed by atoms with van der Waals surface area (Å²) >= 11 is 0. The van der Waals surface area contributed by atoms with Gasteiger partial charge in [-0.2, -0.15) is 0 Å². The van der Waals surface area contributed by atoms with Crippen molar-refractivity contribution in [3.8, 4) is 0 Å². The van der Waals surface area contributed by atoms with Crippen molar-refractivity contribution in [1.82, 2.24) is 18.7 Å². The standard InChI is InChI=1S/C14H24N4O3Si/c1-10-15-12-11(13(19)17(3)14(20)16(12)2)18(10)9-21-7-8-22(4,5)6/h7-9H2,1-6H3. The number of aromatic nitrogens is 4. The Morgan fingerprint density at radius 2 is 1.77 bits per heavy atom. The van der Waals surface area contributed by atoms with Crippen LogP contribution < -0.4 is 11.2 Å². The number of hydrogen-bond acceptors (Lipinski definition) is 4. The van der Waals surface area contributed by atoms with Crippen LogP contribution in [0.3, 0.4) is 0 Å². The summed E-state index contributed by atoms with van der Waals surface area (Å²) < 4.78 is 9.96. The van der Waals surface area contributed by atoms with Crippen molar-refractivity contribution < 1.29 is 4.74 Å². The lowest BCUT2D eigenvalue weighted by atomic mass is 10.5. The van der Waals surface area contributed by atoms with Gasteiger partial charge < -0.3 is 4.74 Å². The van der Waals surface area contributed by atoms with E-state index in [0.29, 0.717) is 23.6 Å². The zero-order chi connectivity index (χ0) is 16.7. The van der Waals surface area contributed by atoms with Crippen LogP contribution in [-0.4, -0.2) is 33.4 Å². The number of imidazole rings is 1. The Morgan fingerprint density at radius 1 is 1.14 bits per heavy atom. The molecule has 2 aromatic rings. The molecule has 0 bridgehead atoms. The van der Waals surface area contributed by atoms with Gasteiger partial charge in [-0.15, -0.1) is 0 Å². The molecule has 0 aliphatic rings. The molecular formula is C14H24N4O3Si. The minimum Gasteiger partial charge on any atom is -0.361 e. The maximum atomic E-state index is 12.4. The topological polar surface area (TPSA) is 71.0 Å². The van der Waals surface area contributed by atoms with E-state index in [1.165, 1.54) is 11.6 Å². The molecular weight excluding hydrogens is 300 g/mol. The summed E-state index contributed by atoms with van der Waals surface area (Å²) in [6.45, 7) is 9.63. The maximum Gasteiger partial charge on any atom is 0.332 e. The van der Waals surface area contributed by atoms with E-state index in [9.17, 15) is 9.59 Å². The third-order valence-electron chi connectivity index (χ3n) is 3.76. The summed E-state index contributed by atoms with van der Waals surface area (Å²) in [6, 6.07) is 1.06. The molecule has 0 aliphatic heterocycles. The van der Waals surface area contributed by atoms with Crippen molar-refractivity contribution in [2.45, 2.75) is 39.3 Å². The zero-order valence-corrected chi connectivity index (χ0v) is 15.1. The van der Waals surface area contributed by atoms with Crippen LogP contribution in [0.5, 0.6) is 0 Å². The number of ether oxygens (including phenoxy) is 1. The Morgan fingerprint density at radius 3 is 2.36 bits per heavy atom. The highest BCUT2D eigenvalue weighted by atomic mass is 28.3. The van der Waals surface area contributed by atoms with Gasteiger partial charge in [0.05, 0.1) is 0 Å². The van der Waals surface area contributed by atoms with E-state index in [1.807, 2.05) is 6.92 Å². The van der Waals surface area contributed by atoms with Crippen LogP contribution in [0.2, 0.25) is 25.7 Å². The quantitative estimate of drug-likeness (QED) is 0.609. The van der Waals surface area contributed by atoms with E-state index in [-0.39, 0.29) is 18.0 Å². The van der Waals surface area contributed by atoms with Gasteiger partial charge in [-0.3, -0.25) is 18.5 Å². The molecule has 0 aromatic carbocycles. The molecule has 0 N–H and O–H groups in total. The molecule has 0 amide bonds. The SMILES string of the molecule is Cc1nc2c(c(=O)n(C)c(=O)n2C)n1COCC[Si](C)(C)C. The van der Waals surface area contributed by atoms with Crippen LogP contribution in [0.1, 0.15) is 5.82 Å². The molecule has 2 aromatic heterocycles. The predicted molar refractivity (Wildman–Crippen MR) is 89.1 cm³/mol. The second-order valence-electron chi connectivity index (χ2n) is 6.81. The molecule has 8 heteroatoms. The summed E-state index contributed by atoms with van der Waals surface area (Å²) in [6.07, 6.45) is 0. The number of hydrogen-bond donors (Lipinski definition) is 0. The average Bonchev–Trinajstić information content (AvgIpc) is 2.75. The molecule has 0 fully saturated rings. The fourth-order valence-electron chi connectivity index (χ4n) is 2.25. The minimum absolute atomic E-state index is 0.278. The summed E-state index contributed by atoms with van der Waals surface area (Å²) in [4.78, 5) is 28.7. The first-order valence-electron chi connectivity index (χ1n) is 7.34. The number of aryl methyl sites for hydroxylation is 2. The van der Waals surface area contributed by atoms with Gasteiger partial charge >= 0.3 is 5.69 Å². The predicted octanol–water partition coefficient (Wildman–Crippen LogP) is 1.05. The van der Waals surface area contributed by atoms with Crippen molar-refractivity contribution in [3.63, 3.8) is 0 Å². The van der Waals surface area contributed by atoms with E-state index in [1.54, 1.807) is 11.6 Å². The van der Waals surface area contributed by atoms with Gasteiger partial charge in [-0.05, 0) is 13.0 Å². The van der Waals surface area contributed by atoms with E-state index in [2.05, 4.69) is 24.6 Å². The Bertz CT molecular complexity index is 811. The second-order valence-corrected chi connectivity index (χ2v) is 12.4. The van der Waals surface area contributed by atoms with Crippen molar-refractivity contribution in [3.05, 3.63) is 26.7 Å². The highest BCUT2D eigenvalue weighted by Crippen LogP contribution is 2.12. The molecule has 0 aliphatic carbocycles. The van der Waals surface area contributed by atoms with E-state index in [4.69, 9.17) is 4.74 Å². The fraction of sp³-hybridized carbons (Fsp3) is 0.643. The summed E-state index contributed by atoms with van der Waals surface area (Å²) in [5.74, 6) is 0.668. The van der Waals surface area contributed by atoms with Crippen LogP contribution in [0.25, 0.3) is 11.2 Å². The molecule has 0 atom stereocenters. The first kappa shape index (κ1) is 16.7. The lowest BCUT2D eigenvalue weighted by Crippen LogP contribution is -2.37. The molecule has 2 heterocycles. The first-order chi connectivity index (χ1) is 10.1. The molecule has 0 saturated heterocycles. The highest BCUT2D eigenvalue weighted by molar-refractivity contribution is 6.76. The smallest absolute Gasteiger partial charge is 0.332 e. The molecule has 2 rings (SSSR count). The summed E-state index contributed by atoms with van der Waals surface area (Å²) in [5, 5.41) is 0. The Kier molecular flexibility index (Phi) is 4.43. The van der Waals surface area contributed by atoms with Crippen LogP contribution in [0, 0.1) is 6.92 Å². The molecule has 122 valence electrons. The molecule has 0 radical (unpaired) electrons. The highest BCUT2D eigenvalue weighted by Gasteiger charge is 2.17. The second kappa shape index (κ2) is 5.84. The summed E-state index contributed by atoms with van der Waals surface area (Å²) in [7, 11) is 1.95. The van der Waals surface area contributed by atoms with Crippen LogP contribution in [0.15, 0.2) is 9.59 Å². The number of rotatable bonds is 5. The van der Waals surface area contributed by atoms with E-state index < -0.39 is 8.07 Å².